The summed E-state index contributed by atoms with van der Waals surface area (Å²) in [6.07, 6.45) is 2.12. The van der Waals surface area contributed by atoms with E-state index < -0.39 is 0 Å². The summed E-state index contributed by atoms with van der Waals surface area (Å²) >= 11 is 0. The number of aromatic nitrogens is 1. The Morgan fingerprint density at radius 1 is 1.40 bits per heavy atom. The maximum absolute atomic E-state index is 12.7. The Bertz CT molecular complexity index is 636. The Kier molecular flexibility index (Phi) is 4.41. The van der Waals surface area contributed by atoms with Crippen molar-refractivity contribution >= 4 is 16.8 Å². The van der Waals surface area contributed by atoms with Crippen molar-refractivity contribution in [3.8, 4) is 6.07 Å². The topological polar surface area (TPSA) is 59.9 Å². The molecule has 0 unspecified atom stereocenters. The van der Waals surface area contributed by atoms with E-state index in [1.807, 2.05) is 24.3 Å². The Balaban J connectivity index is 2.28. The number of hydrogen-bond donors (Lipinski definition) is 1. The molecule has 20 heavy (non-hydrogen) atoms. The highest BCUT2D eigenvalue weighted by Crippen LogP contribution is 2.20. The largest absolute Gasteiger partial charge is 0.360 e. The Morgan fingerprint density at radius 3 is 2.85 bits per heavy atom. The molecule has 0 fully saturated rings. The zero-order valence-corrected chi connectivity index (χ0v) is 11.9. The summed E-state index contributed by atoms with van der Waals surface area (Å²) in [6.45, 7) is 5.29. The van der Waals surface area contributed by atoms with E-state index in [4.69, 9.17) is 5.26 Å². The summed E-state index contributed by atoms with van der Waals surface area (Å²) < 4.78 is 0. The van der Waals surface area contributed by atoms with E-state index in [9.17, 15) is 4.79 Å². The number of carbonyl (C=O) groups is 1. The van der Waals surface area contributed by atoms with Gasteiger partial charge in [-0.05, 0) is 12.0 Å². The summed E-state index contributed by atoms with van der Waals surface area (Å²) in [5.74, 6) is 0.370. The predicted octanol–water partition coefficient (Wildman–Crippen LogP) is 3.18. The molecule has 4 heteroatoms. The molecule has 2 aromatic rings. The highest BCUT2D eigenvalue weighted by molar-refractivity contribution is 6.06. The first kappa shape index (κ1) is 14.1. The van der Waals surface area contributed by atoms with Crippen LogP contribution in [0.1, 0.15) is 30.6 Å². The number of carbonyl (C=O) groups excluding carboxylic acids is 1. The second kappa shape index (κ2) is 6.25. The van der Waals surface area contributed by atoms with Crippen molar-refractivity contribution in [3.05, 3.63) is 36.0 Å². The number of benzene rings is 1. The average molecular weight is 269 g/mol. The smallest absolute Gasteiger partial charge is 0.256 e. The van der Waals surface area contributed by atoms with Gasteiger partial charge in [0, 0.05) is 30.2 Å². The molecule has 1 amide bonds. The maximum Gasteiger partial charge on any atom is 0.256 e. The molecule has 104 valence electrons. The van der Waals surface area contributed by atoms with Gasteiger partial charge in [0.2, 0.25) is 0 Å². The van der Waals surface area contributed by atoms with E-state index in [-0.39, 0.29) is 5.91 Å². The van der Waals surface area contributed by atoms with Crippen LogP contribution in [0.3, 0.4) is 0 Å². The third-order valence-corrected chi connectivity index (χ3v) is 3.19. The van der Waals surface area contributed by atoms with Crippen LogP contribution >= 0.6 is 0 Å². The highest BCUT2D eigenvalue weighted by Gasteiger charge is 2.19. The molecule has 0 atom stereocenters. The molecule has 1 aromatic carbocycles. The molecule has 0 aliphatic heterocycles. The number of nitriles is 1. The van der Waals surface area contributed by atoms with Crippen LogP contribution in [-0.2, 0) is 0 Å². The van der Waals surface area contributed by atoms with Gasteiger partial charge in [-0.1, -0.05) is 32.0 Å². The van der Waals surface area contributed by atoms with Crippen molar-refractivity contribution in [2.75, 3.05) is 13.1 Å². The van der Waals surface area contributed by atoms with Gasteiger partial charge in [0.25, 0.3) is 5.91 Å². The van der Waals surface area contributed by atoms with E-state index in [1.165, 1.54) is 0 Å². The molecule has 1 N–H and O–H groups in total. The molecule has 0 saturated heterocycles. The van der Waals surface area contributed by atoms with Gasteiger partial charge in [-0.3, -0.25) is 4.79 Å². The molecule has 0 aliphatic rings. The number of nitrogens with one attached hydrogen (secondary N) is 1. The predicted molar refractivity (Wildman–Crippen MR) is 79.3 cm³/mol. The third kappa shape index (κ3) is 3.00. The summed E-state index contributed by atoms with van der Waals surface area (Å²) in [4.78, 5) is 17.5. The zero-order chi connectivity index (χ0) is 14.5. The fourth-order valence-electron chi connectivity index (χ4n) is 2.32. The van der Waals surface area contributed by atoms with Crippen LogP contribution in [0.5, 0.6) is 0 Å². The van der Waals surface area contributed by atoms with Gasteiger partial charge in [0.1, 0.15) is 0 Å². The van der Waals surface area contributed by atoms with Crippen molar-refractivity contribution in [1.82, 2.24) is 9.88 Å². The fourth-order valence-corrected chi connectivity index (χ4v) is 2.32. The van der Waals surface area contributed by atoms with Crippen molar-refractivity contribution in [3.63, 3.8) is 0 Å². The Morgan fingerprint density at radius 2 is 2.15 bits per heavy atom. The lowest BCUT2D eigenvalue weighted by Crippen LogP contribution is -2.34. The molecule has 0 spiro atoms. The van der Waals surface area contributed by atoms with Gasteiger partial charge in [-0.2, -0.15) is 5.26 Å². The molecule has 2 rings (SSSR count). The lowest BCUT2D eigenvalue weighted by Gasteiger charge is -2.23. The monoisotopic (exact) mass is 269 g/mol. The summed E-state index contributed by atoms with van der Waals surface area (Å²) in [7, 11) is 0. The first-order valence-corrected chi connectivity index (χ1v) is 6.85. The Labute approximate surface area is 119 Å². The maximum atomic E-state index is 12.7. The number of para-hydroxylation sites is 1. The van der Waals surface area contributed by atoms with Crippen LogP contribution in [0.4, 0.5) is 0 Å². The molecule has 0 aliphatic carbocycles. The van der Waals surface area contributed by atoms with Gasteiger partial charge in [-0.15, -0.1) is 0 Å². The van der Waals surface area contributed by atoms with E-state index in [1.54, 1.807) is 11.1 Å². The van der Waals surface area contributed by atoms with Crippen LogP contribution in [-0.4, -0.2) is 28.9 Å². The minimum Gasteiger partial charge on any atom is -0.360 e. The summed E-state index contributed by atoms with van der Waals surface area (Å²) in [5.41, 5.74) is 1.64. The van der Waals surface area contributed by atoms with Crippen molar-refractivity contribution in [1.29, 1.82) is 5.26 Å². The molecule has 1 heterocycles. The van der Waals surface area contributed by atoms with Gasteiger partial charge < -0.3 is 9.88 Å². The second-order valence-electron chi connectivity index (χ2n) is 5.30. The van der Waals surface area contributed by atoms with Crippen molar-refractivity contribution < 1.29 is 4.79 Å². The van der Waals surface area contributed by atoms with Gasteiger partial charge >= 0.3 is 0 Å². The number of fused-ring (bicyclic) bond motifs is 1. The number of hydrogen-bond acceptors (Lipinski definition) is 2. The standard InChI is InChI=1S/C16H19N3O/c1-12(2)11-19(9-5-8-17)16(20)14-10-18-15-7-4-3-6-13(14)15/h3-4,6-7,10,12,18H,5,9,11H2,1-2H3. The SMILES string of the molecule is CC(C)CN(CCC#N)C(=O)c1c[nH]c2ccccc12. The number of aromatic amines is 1. The van der Waals surface area contributed by atoms with E-state index in [2.05, 4.69) is 24.9 Å². The van der Waals surface area contributed by atoms with Crippen LogP contribution in [0.15, 0.2) is 30.5 Å². The second-order valence-corrected chi connectivity index (χ2v) is 5.30. The summed E-state index contributed by atoms with van der Waals surface area (Å²) in [5, 5.41) is 9.67. The molecular weight excluding hydrogens is 250 g/mol. The number of nitrogens with zero attached hydrogens (tertiary/aromatic N) is 2. The lowest BCUT2D eigenvalue weighted by molar-refractivity contribution is 0.0742. The molecule has 0 bridgehead atoms. The van der Waals surface area contributed by atoms with E-state index >= 15 is 0 Å². The fraction of sp³-hybridized carbons (Fsp3) is 0.375. The number of rotatable bonds is 5. The van der Waals surface area contributed by atoms with Crippen molar-refractivity contribution in [2.45, 2.75) is 20.3 Å². The van der Waals surface area contributed by atoms with Gasteiger partial charge in [-0.25, -0.2) is 0 Å². The molecular formula is C16H19N3O. The molecule has 4 nitrogen and oxygen atoms in total. The zero-order valence-electron chi connectivity index (χ0n) is 11.9. The first-order valence-electron chi connectivity index (χ1n) is 6.85. The lowest BCUT2D eigenvalue weighted by atomic mass is 10.1. The van der Waals surface area contributed by atoms with Gasteiger partial charge in [0.05, 0.1) is 18.1 Å². The molecule has 1 aromatic heterocycles. The van der Waals surface area contributed by atoms with Crippen molar-refractivity contribution in [2.24, 2.45) is 5.92 Å². The normalized spacial score (nSPS) is 10.7. The van der Waals surface area contributed by atoms with Crippen LogP contribution < -0.4 is 0 Å². The Hall–Kier alpha value is -2.28. The minimum atomic E-state index is -0.00796. The number of amides is 1. The highest BCUT2D eigenvalue weighted by atomic mass is 16.2. The van der Waals surface area contributed by atoms with Gasteiger partial charge in [0.15, 0.2) is 0 Å². The quantitative estimate of drug-likeness (QED) is 0.906. The first-order chi connectivity index (χ1) is 9.63. The number of H-pyrrole nitrogens is 1. The average Bonchev–Trinajstić information content (AvgIpc) is 2.86. The van der Waals surface area contributed by atoms with Crippen LogP contribution in [0.2, 0.25) is 0 Å². The summed E-state index contributed by atoms with van der Waals surface area (Å²) in [6, 6.07) is 9.87. The van der Waals surface area contributed by atoms with E-state index in [0.29, 0.717) is 31.0 Å². The van der Waals surface area contributed by atoms with E-state index in [0.717, 1.165) is 10.9 Å². The van der Waals surface area contributed by atoms with Crippen LogP contribution in [0.25, 0.3) is 10.9 Å². The molecule has 0 radical (unpaired) electrons. The molecule has 0 saturated carbocycles. The van der Waals surface area contributed by atoms with Crippen LogP contribution in [0, 0.1) is 17.2 Å². The third-order valence-electron chi connectivity index (χ3n) is 3.19. The minimum absolute atomic E-state index is 0.00796.